The van der Waals surface area contributed by atoms with Crippen LogP contribution in [-0.4, -0.2) is 19.4 Å². The second kappa shape index (κ2) is 6.50. The molecule has 3 heteroatoms. The van der Waals surface area contributed by atoms with E-state index in [9.17, 15) is 0 Å². The van der Waals surface area contributed by atoms with E-state index < -0.39 is 8.32 Å². The molecule has 100 valence electrons. The standard InChI is InChI=1S/C16H19BrOSi/c1-14(2)18-19(13-17,15-9-5-3-6-10-15)16-11-7-4-8-12-16/h3-12,14H,13H2,1-2H3. The maximum atomic E-state index is 6.45. The maximum absolute atomic E-state index is 6.45. The molecule has 0 aliphatic heterocycles. The molecule has 19 heavy (non-hydrogen) atoms. The largest absolute Gasteiger partial charge is 0.405 e. The van der Waals surface area contributed by atoms with E-state index >= 15 is 0 Å². The van der Waals surface area contributed by atoms with Crippen molar-refractivity contribution < 1.29 is 4.43 Å². The molecule has 0 aliphatic rings. The molecule has 0 radical (unpaired) electrons. The Labute approximate surface area is 124 Å². The molecule has 0 amide bonds. The quantitative estimate of drug-likeness (QED) is 0.603. The normalized spacial score (nSPS) is 11.8. The molecular weight excluding hydrogens is 316 g/mol. The highest BCUT2D eigenvalue weighted by Gasteiger charge is 2.39. The summed E-state index contributed by atoms with van der Waals surface area (Å²) < 4.78 is 6.45. The predicted octanol–water partition coefficient (Wildman–Crippen LogP) is 3.11. The minimum atomic E-state index is -2.17. The first-order valence-corrected chi connectivity index (χ1v) is 9.77. The molecule has 0 bridgehead atoms. The Morgan fingerprint density at radius 3 is 1.63 bits per heavy atom. The lowest BCUT2D eigenvalue weighted by Gasteiger charge is -2.32. The monoisotopic (exact) mass is 334 g/mol. The van der Waals surface area contributed by atoms with Gasteiger partial charge in [-0.3, -0.25) is 0 Å². The summed E-state index contributed by atoms with van der Waals surface area (Å²) in [7, 11) is -2.17. The fraction of sp³-hybridized carbons (Fsp3) is 0.250. The van der Waals surface area contributed by atoms with Crippen LogP contribution in [0.25, 0.3) is 0 Å². The van der Waals surface area contributed by atoms with E-state index in [1.165, 1.54) is 10.4 Å². The number of alkyl halides is 1. The third-order valence-corrected chi connectivity index (χ3v) is 9.26. The van der Waals surface area contributed by atoms with E-state index in [1.807, 2.05) is 0 Å². The molecule has 2 aromatic carbocycles. The minimum Gasteiger partial charge on any atom is -0.405 e. The van der Waals surface area contributed by atoms with E-state index in [2.05, 4.69) is 90.4 Å². The zero-order chi connectivity index (χ0) is 13.7. The Kier molecular flexibility index (Phi) is 4.97. The van der Waals surface area contributed by atoms with Crippen molar-refractivity contribution in [2.24, 2.45) is 0 Å². The first kappa shape index (κ1) is 14.5. The number of hydrogen-bond acceptors (Lipinski definition) is 1. The molecule has 0 saturated carbocycles. The van der Waals surface area contributed by atoms with Crippen LogP contribution in [0.3, 0.4) is 0 Å². The third-order valence-electron chi connectivity index (χ3n) is 3.11. The maximum Gasteiger partial charge on any atom is 0.266 e. The van der Waals surface area contributed by atoms with Crippen LogP contribution in [0.1, 0.15) is 13.8 Å². The summed E-state index contributed by atoms with van der Waals surface area (Å²) in [4.78, 5) is 0.867. The highest BCUT2D eigenvalue weighted by atomic mass is 79.9. The summed E-state index contributed by atoms with van der Waals surface area (Å²) in [6.07, 6.45) is 0.213. The number of halogens is 1. The van der Waals surface area contributed by atoms with Gasteiger partial charge in [-0.1, -0.05) is 76.6 Å². The van der Waals surface area contributed by atoms with E-state index in [0.717, 1.165) is 4.95 Å². The first-order valence-electron chi connectivity index (χ1n) is 6.54. The summed E-state index contributed by atoms with van der Waals surface area (Å²) in [6.45, 7) is 4.21. The van der Waals surface area contributed by atoms with Crippen LogP contribution in [-0.2, 0) is 4.43 Å². The summed E-state index contributed by atoms with van der Waals surface area (Å²) in [5.74, 6) is 0. The van der Waals surface area contributed by atoms with Crippen molar-refractivity contribution in [3.63, 3.8) is 0 Å². The molecule has 0 heterocycles. The zero-order valence-electron chi connectivity index (χ0n) is 11.3. The molecule has 0 fully saturated rings. The van der Waals surface area contributed by atoms with Gasteiger partial charge in [0, 0.05) is 11.1 Å². The SMILES string of the molecule is CC(C)O[Si](CBr)(c1ccccc1)c1ccccc1. The molecule has 0 aromatic heterocycles. The lowest BCUT2D eigenvalue weighted by molar-refractivity contribution is 0.241. The van der Waals surface area contributed by atoms with Gasteiger partial charge < -0.3 is 4.43 Å². The third kappa shape index (κ3) is 3.16. The van der Waals surface area contributed by atoms with Crippen molar-refractivity contribution in [1.82, 2.24) is 0 Å². The Balaban J connectivity index is 2.55. The highest BCUT2D eigenvalue weighted by molar-refractivity contribution is 9.09. The molecular formula is C16H19BrOSi. The summed E-state index contributed by atoms with van der Waals surface area (Å²) in [5, 5.41) is 2.62. The lowest BCUT2D eigenvalue weighted by Crippen LogP contribution is -2.63. The molecule has 0 spiro atoms. The van der Waals surface area contributed by atoms with Gasteiger partial charge in [0.15, 0.2) is 0 Å². The van der Waals surface area contributed by atoms with Crippen molar-refractivity contribution in [2.75, 3.05) is 4.95 Å². The Morgan fingerprint density at radius 1 is 0.895 bits per heavy atom. The van der Waals surface area contributed by atoms with Crippen LogP contribution in [0.2, 0.25) is 0 Å². The average molecular weight is 335 g/mol. The summed E-state index contributed by atoms with van der Waals surface area (Å²) >= 11 is 3.71. The zero-order valence-corrected chi connectivity index (χ0v) is 13.9. The van der Waals surface area contributed by atoms with Gasteiger partial charge in [0.1, 0.15) is 0 Å². The molecule has 2 aromatic rings. The molecule has 0 N–H and O–H groups in total. The minimum absolute atomic E-state index is 0.213. The van der Waals surface area contributed by atoms with E-state index in [-0.39, 0.29) is 6.10 Å². The average Bonchev–Trinajstić information content (AvgIpc) is 2.46. The van der Waals surface area contributed by atoms with Crippen LogP contribution < -0.4 is 10.4 Å². The van der Waals surface area contributed by atoms with Crippen molar-refractivity contribution in [3.8, 4) is 0 Å². The van der Waals surface area contributed by atoms with E-state index in [0.29, 0.717) is 0 Å². The van der Waals surface area contributed by atoms with Crippen molar-refractivity contribution in [1.29, 1.82) is 0 Å². The Bertz CT molecular complexity index is 459. The Hall–Kier alpha value is -0.903. The topological polar surface area (TPSA) is 9.23 Å². The molecule has 0 aliphatic carbocycles. The first-order chi connectivity index (χ1) is 9.19. The van der Waals surface area contributed by atoms with Crippen LogP contribution in [0.4, 0.5) is 0 Å². The number of hydrogen-bond donors (Lipinski definition) is 0. The second-order valence-corrected chi connectivity index (χ2v) is 9.85. The fourth-order valence-electron chi connectivity index (χ4n) is 2.31. The molecule has 2 rings (SSSR count). The fourth-order valence-corrected chi connectivity index (χ4v) is 7.89. The van der Waals surface area contributed by atoms with Crippen LogP contribution in [0.5, 0.6) is 0 Å². The van der Waals surface area contributed by atoms with Gasteiger partial charge in [-0.15, -0.1) is 0 Å². The van der Waals surface area contributed by atoms with E-state index in [4.69, 9.17) is 4.43 Å². The van der Waals surface area contributed by atoms with Crippen molar-refractivity contribution in [3.05, 3.63) is 60.7 Å². The van der Waals surface area contributed by atoms with Gasteiger partial charge in [0.25, 0.3) is 8.32 Å². The van der Waals surface area contributed by atoms with Crippen LogP contribution in [0.15, 0.2) is 60.7 Å². The van der Waals surface area contributed by atoms with Gasteiger partial charge in [0.2, 0.25) is 0 Å². The van der Waals surface area contributed by atoms with Gasteiger partial charge in [-0.25, -0.2) is 0 Å². The molecule has 0 saturated heterocycles. The molecule has 0 atom stereocenters. The highest BCUT2D eigenvalue weighted by Crippen LogP contribution is 2.13. The second-order valence-electron chi connectivity index (χ2n) is 4.86. The van der Waals surface area contributed by atoms with Gasteiger partial charge in [-0.2, -0.15) is 0 Å². The molecule has 1 nitrogen and oxygen atoms in total. The number of rotatable bonds is 5. The lowest BCUT2D eigenvalue weighted by atomic mass is 10.4. The predicted molar refractivity (Wildman–Crippen MR) is 87.9 cm³/mol. The Morgan fingerprint density at radius 2 is 1.32 bits per heavy atom. The van der Waals surface area contributed by atoms with Gasteiger partial charge in [-0.05, 0) is 24.2 Å². The summed E-state index contributed by atoms with van der Waals surface area (Å²) in [6, 6.07) is 21.2. The van der Waals surface area contributed by atoms with Gasteiger partial charge in [0.05, 0.1) is 0 Å². The van der Waals surface area contributed by atoms with E-state index in [1.54, 1.807) is 0 Å². The van der Waals surface area contributed by atoms with Crippen molar-refractivity contribution in [2.45, 2.75) is 20.0 Å². The smallest absolute Gasteiger partial charge is 0.266 e. The summed E-state index contributed by atoms with van der Waals surface area (Å²) in [5.41, 5.74) is 0. The van der Waals surface area contributed by atoms with Gasteiger partial charge >= 0.3 is 0 Å². The molecule has 0 unspecified atom stereocenters. The number of benzene rings is 2. The van der Waals surface area contributed by atoms with Crippen molar-refractivity contribution >= 4 is 34.6 Å². The van der Waals surface area contributed by atoms with Crippen LogP contribution >= 0.6 is 15.9 Å². The van der Waals surface area contributed by atoms with Crippen LogP contribution in [0, 0.1) is 0 Å².